The molecule has 0 aliphatic carbocycles. The van der Waals surface area contributed by atoms with Gasteiger partial charge in [0.15, 0.2) is 0 Å². The Kier molecular flexibility index (Phi) is 22.0. The molecule has 0 aliphatic rings. The third-order valence-electron chi connectivity index (χ3n) is 6.22. The molecule has 4 heteroatoms. The van der Waals surface area contributed by atoms with Gasteiger partial charge in [0, 0.05) is 18.3 Å². The lowest BCUT2D eigenvalue weighted by atomic mass is 9.96. The molecule has 0 atom stereocenters. The predicted octanol–water partition coefficient (Wildman–Crippen LogP) is 8.94. The summed E-state index contributed by atoms with van der Waals surface area (Å²) < 4.78 is 10.9. The summed E-state index contributed by atoms with van der Waals surface area (Å²) in [6.07, 6.45) is 23.3. The largest absolute Gasteiger partial charge is 0.465 e. The van der Waals surface area contributed by atoms with E-state index in [0.29, 0.717) is 26.1 Å². The summed E-state index contributed by atoms with van der Waals surface area (Å²) in [6, 6.07) is 0. The normalized spacial score (nSPS) is 11.5. The van der Waals surface area contributed by atoms with Gasteiger partial charge < -0.3 is 9.47 Å². The SMILES string of the molecule is CCCCCCCCCCCC(=O)OCC(C)(C)COC(=O)CCCCCCCCCCC. The van der Waals surface area contributed by atoms with E-state index in [1.165, 1.54) is 89.9 Å². The third-order valence-corrected chi connectivity index (χ3v) is 6.22. The molecule has 0 saturated heterocycles. The van der Waals surface area contributed by atoms with Gasteiger partial charge in [0.2, 0.25) is 0 Å². The van der Waals surface area contributed by atoms with Crippen molar-refractivity contribution in [3.05, 3.63) is 0 Å². The maximum absolute atomic E-state index is 12.0. The van der Waals surface area contributed by atoms with E-state index in [1.54, 1.807) is 0 Å². The van der Waals surface area contributed by atoms with Crippen molar-refractivity contribution in [2.45, 2.75) is 156 Å². The molecule has 0 unspecified atom stereocenters. The minimum Gasteiger partial charge on any atom is -0.465 e. The molecule has 0 N–H and O–H groups in total. The molecule has 33 heavy (non-hydrogen) atoms. The first-order valence-corrected chi connectivity index (χ1v) is 14.2. The van der Waals surface area contributed by atoms with Gasteiger partial charge in [-0.05, 0) is 12.8 Å². The van der Waals surface area contributed by atoms with Crippen LogP contribution in [-0.2, 0) is 19.1 Å². The lowest BCUT2D eigenvalue weighted by molar-refractivity contribution is -0.152. The van der Waals surface area contributed by atoms with E-state index >= 15 is 0 Å². The molecule has 196 valence electrons. The average molecular weight is 469 g/mol. The third kappa shape index (κ3) is 23.9. The quantitative estimate of drug-likeness (QED) is 0.105. The Balaban J connectivity index is 3.62. The molecule has 0 amide bonds. The van der Waals surface area contributed by atoms with Crippen LogP contribution in [0.1, 0.15) is 156 Å². The molecular weight excluding hydrogens is 412 g/mol. The summed E-state index contributed by atoms with van der Waals surface area (Å²) >= 11 is 0. The number of ether oxygens (including phenoxy) is 2. The fourth-order valence-electron chi connectivity index (χ4n) is 3.90. The average Bonchev–Trinajstić information content (AvgIpc) is 2.79. The highest BCUT2D eigenvalue weighted by atomic mass is 16.5. The van der Waals surface area contributed by atoms with E-state index in [9.17, 15) is 9.59 Å². The van der Waals surface area contributed by atoms with Gasteiger partial charge in [-0.25, -0.2) is 0 Å². The van der Waals surface area contributed by atoms with Crippen molar-refractivity contribution in [1.29, 1.82) is 0 Å². The van der Waals surface area contributed by atoms with Gasteiger partial charge in [-0.3, -0.25) is 9.59 Å². The molecule has 4 nitrogen and oxygen atoms in total. The van der Waals surface area contributed by atoms with Gasteiger partial charge >= 0.3 is 11.9 Å². The van der Waals surface area contributed by atoms with Gasteiger partial charge in [0.25, 0.3) is 0 Å². The van der Waals surface area contributed by atoms with E-state index in [1.807, 2.05) is 13.8 Å². The zero-order valence-corrected chi connectivity index (χ0v) is 22.7. The zero-order valence-electron chi connectivity index (χ0n) is 22.7. The molecule has 0 aromatic rings. The molecule has 0 saturated carbocycles. The minimum absolute atomic E-state index is 0.132. The molecule has 0 spiro atoms. The molecule has 0 aromatic heterocycles. The van der Waals surface area contributed by atoms with Gasteiger partial charge in [0.1, 0.15) is 0 Å². The molecular formula is C29H56O4. The first-order chi connectivity index (χ1) is 15.9. The predicted molar refractivity (Wildman–Crippen MR) is 139 cm³/mol. The maximum atomic E-state index is 12.0. The fraction of sp³-hybridized carbons (Fsp3) is 0.931. The van der Waals surface area contributed by atoms with Crippen molar-refractivity contribution in [3.8, 4) is 0 Å². The summed E-state index contributed by atoms with van der Waals surface area (Å²) in [5.74, 6) is -0.265. The van der Waals surface area contributed by atoms with Crippen LogP contribution >= 0.6 is 0 Å². The van der Waals surface area contributed by atoms with Gasteiger partial charge in [-0.1, -0.05) is 130 Å². The summed E-state index contributed by atoms with van der Waals surface area (Å²) in [5, 5.41) is 0. The van der Waals surface area contributed by atoms with Crippen LogP contribution in [0.3, 0.4) is 0 Å². The number of carbonyl (C=O) groups is 2. The highest BCUT2D eigenvalue weighted by molar-refractivity contribution is 5.69. The number of hydrogen-bond donors (Lipinski definition) is 0. The van der Waals surface area contributed by atoms with Crippen LogP contribution in [-0.4, -0.2) is 25.2 Å². The second-order valence-electron chi connectivity index (χ2n) is 10.6. The summed E-state index contributed by atoms with van der Waals surface area (Å²) in [5.41, 5.74) is -0.345. The van der Waals surface area contributed by atoms with Crippen LogP contribution in [0, 0.1) is 5.41 Å². The van der Waals surface area contributed by atoms with Crippen molar-refractivity contribution in [1.82, 2.24) is 0 Å². The van der Waals surface area contributed by atoms with E-state index in [-0.39, 0.29) is 17.4 Å². The van der Waals surface area contributed by atoms with Crippen molar-refractivity contribution in [2.75, 3.05) is 13.2 Å². The Morgan fingerprint density at radius 1 is 0.485 bits per heavy atom. The minimum atomic E-state index is -0.345. The van der Waals surface area contributed by atoms with Gasteiger partial charge in [-0.15, -0.1) is 0 Å². The second kappa shape index (κ2) is 22.7. The summed E-state index contributed by atoms with van der Waals surface area (Å²) in [6.45, 7) is 9.04. The van der Waals surface area contributed by atoms with Crippen LogP contribution in [0.2, 0.25) is 0 Å². The summed E-state index contributed by atoms with van der Waals surface area (Å²) in [7, 11) is 0. The maximum Gasteiger partial charge on any atom is 0.305 e. The monoisotopic (exact) mass is 468 g/mol. The van der Waals surface area contributed by atoms with Crippen molar-refractivity contribution in [2.24, 2.45) is 5.41 Å². The molecule has 0 aliphatic heterocycles. The lowest BCUT2D eigenvalue weighted by Crippen LogP contribution is -2.28. The van der Waals surface area contributed by atoms with Crippen molar-refractivity contribution in [3.63, 3.8) is 0 Å². The Morgan fingerprint density at radius 3 is 1.06 bits per heavy atom. The highest BCUT2D eigenvalue weighted by Crippen LogP contribution is 2.18. The molecule has 0 bridgehead atoms. The lowest BCUT2D eigenvalue weighted by Gasteiger charge is -2.23. The van der Waals surface area contributed by atoms with E-state index in [2.05, 4.69) is 13.8 Å². The first-order valence-electron chi connectivity index (χ1n) is 14.2. The van der Waals surface area contributed by atoms with E-state index < -0.39 is 0 Å². The van der Waals surface area contributed by atoms with E-state index in [0.717, 1.165) is 25.7 Å². The Bertz CT molecular complexity index is 419. The van der Waals surface area contributed by atoms with Gasteiger partial charge in [-0.2, -0.15) is 0 Å². The zero-order chi connectivity index (χ0) is 24.6. The molecule has 0 heterocycles. The fourth-order valence-corrected chi connectivity index (χ4v) is 3.90. The molecule has 0 radical (unpaired) electrons. The van der Waals surface area contributed by atoms with E-state index in [4.69, 9.17) is 9.47 Å². The molecule has 0 fully saturated rings. The van der Waals surface area contributed by atoms with Gasteiger partial charge in [0.05, 0.1) is 13.2 Å². The second-order valence-corrected chi connectivity index (χ2v) is 10.6. The Hall–Kier alpha value is -1.06. The van der Waals surface area contributed by atoms with Crippen LogP contribution in [0.15, 0.2) is 0 Å². The molecule has 0 aromatic carbocycles. The van der Waals surface area contributed by atoms with Crippen LogP contribution in [0.5, 0.6) is 0 Å². The van der Waals surface area contributed by atoms with Crippen LogP contribution < -0.4 is 0 Å². The Morgan fingerprint density at radius 2 is 0.758 bits per heavy atom. The number of unbranched alkanes of at least 4 members (excludes halogenated alkanes) is 16. The standard InChI is InChI=1S/C29H56O4/c1-5-7-9-11-13-15-17-19-21-23-27(30)32-25-29(3,4)26-33-28(31)24-22-20-18-16-14-12-10-8-6-2/h5-26H2,1-4H3. The first kappa shape index (κ1) is 31.9. The number of carbonyl (C=O) groups excluding carboxylic acids is 2. The highest BCUT2D eigenvalue weighted by Gasteiger charge is 2.22. The summed E-state index contributed by atoms with van der Waals surface area (Å²) in [4.78, 5) is 24.0. The Labute approximate surface area is 206 Å². The van der Waals surface area contributed by atoms with Crippen molar-refractivity contribution < 1.29 is 19.1 Å². The molecule has 0 rings (SSSR count). The topological polar surface area (TPSA) is 52.6 Å². The number of esters is 2. The van der Waals surface area contributed by atoms with Crippen molar-refractivity contribution >= 4 is 11.9 Å². The smallest absolute Gasteiger partial charge is 0.305 e. The number of hydrogen-bond acceptors (Lipinski definition) is 4. The number of rotatable bonds is 24. The van der Waals surface area contributed by atoms with Crippen LogP contribution in [0.4, 0.5) is 0 Å². The van der Waals surface area contributed by atoms with Crippen LogP contribution in [0.25, 0.3) is 0 Å².